The fourth-order valence-corrected chi connectivity index (χ4v) is 2.68. The summed E-state index contributed by atoms with van der Waals surface area (Å²) in [6.45, 7) is 5.99. The number of ether oxygens (including phenoxy) is 2. The summed E-state index contributed by atoms with van der Waals surface area (Å²) in [6.07, 6.45) is -0.731. The molecule has 6 nitrogen and oxygen atoms in total. The van der Waals surface area contributed by atoms with Gasteiger partial charge in [0.15, 0.2) is 6.10 Å². The summed E-state index contributed by atoms with van der Waals surface area (Å²) < 4.78 is 16.3. The van der Waals surface area contributed by atoms with Gasteiger partial charge in [-0.1, -0.05) is 0 Å². The average Bonchev–Trinajstić information content (AvgIpc) is 2.63. The number of amides is 1. The molecule has 6 heteroatoms. The molecule has 0 saturated carbocycles. The number of nitrogens with one attached hydrogen (secondary N) is 1. The van der Waals surface area contributed by atoms with E-state index < -0.39 is 11.7 Å². The van der Waals surface area contributed by atoms with E-state index in [-0.39, 0.29) is 5.91 Å². The summed E-state index contributed by atoms with van der Waals surface area (Å²) >= 11 is 0. The normalized spacial score (nSPS) is 11.8. The minimum Gasteiger partial charge on any atom is -0.494 e. The summed E-state index contributed by atoms with van der Waals surface area (Å²) in [4.78, 5) is 23.9. The van der Waals surface area contributed by atoms with Gasteiger partial charge in [-0.15, -0.1) is 0 Å². The number of fused-ring (bicyclic) bond motifs is 1. The van der Waals surface area contributed by atoms with E-state index >= 15 is 0 Å². The maximum atomic E-state index is 12.4. The number of hydrogen-bond donors (Lipinski definition) is 1. The second-order valence-corrected chi connectivity index (χ2v) is 6.11. The maximum absolute atomic E-state index is 12.4. The number of carbonyl (C=O) groups is 1. The number of aryl methyl sites for hydroxylation is 1. The van der Waals surface area contributed by atoms with E-state index in [9.17, 15) is 9.59 Å². The summed E-state index contributed by atoms with van der Waals surface area (Å²) in [7, 11) is 0. The number of hydrogen-bond acceptors (Lipinski definition) is 5. The van der Waals surface area contributed by atoms with Crippen molar-refractivity contribution in [2.75, 3.05) is 11.9 Å². The Hall–Kier alpha value is -3.28. The summed E-state index contributed by atoms with van der Waals surface area (Å²) in [5.41, 5.74) is 1.49. The lowest BCUT2D eigenvalue weighted by atomic mass is 10.1. The number of carbonyl (C=O) groups excluding carboxylic acids is 1. The lowest BCUT2D eigenvalue weighted by Gasteiger charge is -2.15. The largest absolute Gasteiger partial charge is 0.494 e. The first kappa shape index (κ1) is 18.5. The highest BCUT2D eigenvalue weighted by Crippen LogP contribution is 2.23. The van der Waals surface area contributed by atoms with Gasteiger partial charge in [-0.25, -0.2) is 4.79 Å². The van der Waals surface area contributed by atoms with Crippen LogP contribution >= 0.6 is 0 Å². The maximum Gasteiger partial charge on any atom is 0.336 e. The lowest BCUT2D eigenvalue weighted by Crippen LogP contribution is -2.30. The Balaban J connectivity index is 1.68. The quantitative estimate of drug-likeness (QED) is 0.669. The van der Waals surface area contributed by atoms with E-state index in [0.717, 1.165) is 16.7 Å². The van der Waals surface area contributed by atoms with Gasteiger partial charge in [0, 0.05) is 23.2 Å². The van der Waals surface area contributed by atoms with Gasteiger partial charge in [-0.2, -0.15) is 0 Å². The average molecular weight is 367 g/mol. The molecule has 140 valence electrons. The van der Waals surface area contributed by atoms with Gasteiger partial charge in [0.25, 0.3) is 5.91 Å². The molecule has 1 unspecified atom stereocenters. The first-order valence-corrected chi connectivity index (χ1v) is 8.71. The molecule has 0 bridgehead atoms. The van der Waals surface area contributed by atoms with E-state index in [1.54, 1.807) is 49.4 Å². The van der Waals surface area contributed by atoms with Gasteiger partial charge in [-0.3, -0.25) is 4.79 Å². The molecule has 27 heavy (non-hydrogen) atoms. The van der Waals surface area contributed by atoms with Crippen molar-refractivity contribution < 1.29 is 18.7 Å². The molecule has 0 fully saturated rings. The number of benzene rings is 2. The Kier molecular flexibility index (Phi) is 5.45. The molecule has 1 aromatic heterocycles. The molecule has 0 aliphatic carbocycles. The standard InChI is InChI=1S/C21H21NO5/c1-4-25-16-7-5-15(6-8-16)22-21(24)14(3)26-17-9-10-18-13(2)11-20(23)27-19(18)12-17/h5-12,14H,4H2,1-3H3,(H,22,24). The van der Waals surface area contributed by atoms with Crippen molar-refractivity contribution in [2.24, 2.45) is 0 Å². The Bertz CT molecular complexity index is 1010. The van der Waals surface area contributed by atoms with Crippen LogP contribution in [0, 0.1) is 6.92 Å². The fraction of sp³-hybridized carbons (Fsp3) is 0.238. The smallest absolute Gasteiger partial charge is 0.336 e. The Morgan fingerprint density at radius 3 is 2.52 bits per heavy atom. The molecular formula is C21H21NO5. The van der Waals surface area contributed by atoms with Gasteiger partial charge in [0.05, 0.1) is 6.61 Å². The molecule has 0 spiro atoms. The highest BCUT2D eigenvalue weighted by atomic mass is 16.5. The number of anilines is 1. The van der Waals surface area contributed by atoms with E-state index in [1.807, 2.05) is 13.8 Å². The molecule has 3 rings (SSSR count). The fourth-order valence-electron chi connectivity index (χ4n) is 2.68. The Labute approximate surface area is 156 Å². The number of rotatable bonds is 6. The van der Waals surface area contributed by atoms with Crippen LogP contribution in [0.15, 0.2) is 57.7 Å². The lowest BCUT2D eigenvalue weighted by molar-refractivity contribution is -0.122. The third kappa shape index (κ3) is 4.47. The minimum atomic E-state index is -0.731. The molecule has 0 saturated heterocycles. The monoisotopic (exact) mass is 367 g/mol. The van der Waals surface area contributed by atoms with Crippen LogP contribution in [0.2, 0.25) is 0 Å². The van der Waals surface area contributed by atoms with Crippen LogP contribution in [-0.4, -0.2) is 18.6 Å². The predicted molar refractivity (Wildman–Crippen MR) is 104 cm³/mol. The summed E-state index contributed by atoms with van der Waals surface area (Å²) in [5, 5.41) is 3.62. The molecule has 1 N–H and O–H groups in total. The predicted octanol–water partition coefficient (Wildman–Crippen LogP) is 3.91. The highest BCUT2D eigenvalue weighted by Gasteiger charge is 2.16. The second-order valence-electron chi connectivity index (χ2n) is 6.11. The zero-order chi connectivity index (χ0) is 19.4. The molecular weight excluding hydrogens is 346 g/mol. The first-order valence-electron chi connectivity index (χ1n) is 8.71. The second kappa shape index (κ2) is 7.95. The third-order valence-electron chi connectivity index (χ3n) is 4.04. The van der Waals surface area contributed by atoms with Crippen LogP contribution in [0.3, 0.4) is 0 Å². The van der Waals surface area contributed by atoms with Gasteiger partial charge in [-0.05, 0) is 62.7 Å². The van der Waals surface area contributed by atoms with E-state index in [1.165, 1.54) is 6.07 Å². The van der Waals surface area contributed by atoms with Crippen molar-refractivity contribution >= 4 is 22.6 Å². The zero-order valence-corrected chi connectivity index (χ0v) is 15.4. The van der Waals surface area contributed by atoms with Gasteiger partial charge in [0.1, 0.15) is 17.1 Å². The Morgan fingerprint density at radius 2 is 1.81 bits per heavy atom. The molecule has 1 amide bonds. The Morgan fingerprint density at radius 1 is 1.11 bits per heavy atom. The first-order chi connectivity index (χ1) is 13.0. The van der Waals surface area contributed by atoms with Crippen molar-refractivity contribution in [3.8, 4) is 11.5 Å². The third-order valence-corrected chi connectivity index (χ3v) is 4.04. The van der Waals surface area contributed by atoms with Crippen molar-refractivity contribution in [1.29, 1.82) is 0 Å². The van der Waals surface area contributed by atoms with Crippen LogP contribution in [0.1, 0.15) is 19.4 Å². The molecule has 1 atom stereocenters. The molecule has 2 aromatic carbocycles. The van der Waals surface area contributed by atoms with Crippen LogP contribution in [0.5, 0.6) is 11.5 Å². The van der Waals surface area contributed by atoms with Crippen molar-refractivity contribution in [1.82, 2.24) is 0 Å². The van der Waals surface area contributed by atoms with E-state index in [2.05, 4.69) is 5.32 Å². The van der Waals surface area contributed by atoms with Gasteiger partial charge in [0.2, 0.25) is 0 Å². The topological polar surface area (TPSA) is 77.8 Å². The van der Waals surface area contributed by atoms with Crippen LogP contribution in [0.25, 0.3) is 11.0 Å². The van der Waals surface area contributed by atoms with E-state index in [4.69, 9.17) is 13.9 Å². The van der Waals surface area contributed by atoms with Gasteiger partial charge < -0.3 is 19.2 Å². The van der Waals surface area contributed by atoms with E-state index in [0.29, 0.717) is 23.6 Å². The molecule has 0 aliphatic rings. The summed E-state index contributed by atoms with van der Waals surface area (Å²) in [5.74, 6) is 0.906. The van der Waals surface area contributed by atoms with Crippen LogP contribution in [0.4, 0.5) is 5.69 Å². The zero-order valence-electron chi connectivity index (χ0n) is 15.4. The van der Waals surface area contributed by atoms with Gasteiger partial charge >= 0.3 is 5.63 Å². The van der Waals surface area contributed by atoms with Crippen LogP contribution in [-0.2, 0) is 4.79 Å². The van der Waals surface area contributed by atoms with Crippen LogP contribution < -0.4 is 20.4 Å². The van der Waals surface area contributed by atoms with Crippen molar-refractivity contribution in [3.05, 3.63) is 64.5 Å². The molecule has 3 aromatic rings. The van der Waals surface area contributed by atoms with Crippen molar-refractivity contribution in [2.45, 2.75) is 26.9 Å². The summed E-state index contributed by atoms with van der Waals surface area (Å²) in [6, 6.07) is 13.7. The van der Waals surface area contributed by atoms with Crippen molar-refractivity contribution in [3.63, 3.8) is 0 Å². The molecule has 0 radical (unpaired) electrons. The SMILES string of the molecule is CCOc1ccc(NC(=O)C(C)Oc2ccc3c(C)cc(=O)oc3c2)cc1. The minimum absolute atomic E-state index is 0.287. The molecule has 0 aliphatic heterocycles. The molecule has 1 heterocycles. The highest BCUT2D eigenvalue weighted by molar-refractivity contribution is 5.94.